The van der Waals surface area contributed by atoms with Gasteiger partial charge in [-0.2, -0.15) is 0 Å². The van der Waals surface area contributed by atoms with Crippen molar-refractivity contribution >= 4 is 27.5 Å². The normalized spacial score (nSPS) is 15.3. The van der Waals surface area contributed by atoms with E-state index < -0.39 is 0 Å². The van der Waals surface area contributed by atoms with Crippen molar-refractivity contribution in [3.8, 4) is 5.75 Å². The number of benzene rings is 1. The van der Waals surface area contributed by atoms with Gasteiger partial charge in [0.05, 0.1) is 17.3 Å². The number of nitrogens with zero attached hydrogens (tertiary/aromatic N) is 2. The third-order valence-electron chi connectivity index (χ3n) is 3.17. The second-order valence-electron chi connectivity index (χ2n) is 4.35. The van der Waals surface area contributed by atoms with Crippen LogP contribution in [0.5, 0.6) is 5.75 Å². The zero-order valence-electron chi connectivity index (χ0n) is 10.2. The smallest absolute Gasteiger partial charge is 0.282 e. The zero-order valence-corrected chi connectivity index (χ0v) is 11.0. The molecular formula is C13H14N2O2S. The Labute approximate surface area is 109 Å². The summed E-state index contributed by atoms with van der Waals surface area (Å²) in [7, 11) is 1.64. The van der Waals surface area contributed by atoms with Gasteiger partial charge in [-0.05, 0) is 31.0 Å². The van der Waals surface area contributed by atoms with E-state index in [9.17, 15) is 4.79 Å². The van der Waals surface area contributed by atoms with E-state index >= 15 is 0 Å². The maximum absolute atomic E-state index is 12.2. The average molecular weight is 262 g/mol. The number of methoxy groups -OCH3 is 1. The van der Waals surface area contributed by atoms with E-state index in [2.05, 4.69) is 4.98 Å². The Balaban J connectivity index is 1.94. The van der Waals surface area contributed by atoms with Gasteiger partial charge >= 0.3 is 0 Å². The maximum Gasteiger partial charge on any atom is 0.282 e. The molecule has 1 saturated heterocycles. The lowest BCUT2D eigenvalue weighted by atomic mass is 10.3. The summed E-state index contributed by atoms with van der Waals surface area (Å²) >= 11 is 1.44. The quantitative estimate of drug-likeness (QED) is 0.835. The molecule has 0 N–H and O–H groups in total. The Kier molecular flexibility index (Phi) is 2.91. The van der Waals surface area contributed by atoms with Crippen LogP contribution in [0, 0.1) is 0 Å². The lowest BCUT2D eigenvalue weighted by Crippen LogP contribution is -2.27. The van der Waals surface area contributed by atoms with Gasteiger partial charge in [0.25, 0.3) is 5.91 Å². The summed E-state index contributed by atoms with van der Waals surface area (Å²) in [5, 5.41) is 0.583. The first kappa shape index (κ1) is 11.5. The monoisotopic (exact) mass is 262 g/mol. The molecule has 18 heavy (non-hydrogen) atoms. The van der Waals surface area contributed by atoms with Crippen LogP contribution in [0.25, 0.3) is 10.2 Å². The van der Waals surface area contributed by atoms with Crippen LogP contribution in [0.2, 0.25) is 0 Å². The molecule has 1 aliphatic rings. The van der Waals surface area contributed by atoms with Gasteiger partial charge in [0.2, 0.25) is 0 Å². The highest BCUT2D eigenvalue weighted by molar-refractivity contribution is 7.20. The highest BCUT2D eigenvalue weighted by atomic mass is 32.1. The number of carbonyl (C=O) groups is 1. The first-order valence-electron chi connectivity index (χ1n) is 6.02. The largest absolute Gasteiger partial charge is 0.497 e. The van der Waals surface area contributed by atoms with Crippen LogP contribution < -0.4 is 4.74 Å². The maximum atomic E-state index is 12.2. The standard InChI is InChI=1S/C13H14N2O2S/c1-17-9-4-5-10-11(8-9)18-12(14-10)13(16)15-6-2-3-7-15/h4-5,8H,2-3,6-7H2,1H3. The second-order valence-corrected chi connectivity index (χ2v) is 5.38. The van der Waals surface area contributed by atoms with Gasteiger partial charge < -0.3 is 9.64 Å². The van der Waals surface area contributed by atoms with Crippen molar-refractivity contribution in [3.05, 3.63) is 23.2 Å². The molecular weight excluding hydrogens is 248 g/mol. The summed E-state index contributed by atoms with van der Waals surface area (Å²) in [6.45, 7) is 1.72. The molecule has 5 heteroatoms. The number of hydrogen-bond acceptors (Lipinski definition) is 4. The molecule has 2 aromatic rings. The fourth-order valence-electron chi connectivity index (χ4n) is 2.18. The number of likely N-dealkylation sites (tertiary alicyclic amines) is 1. The van der Waals surface area contributed by atoms with E-state index in [1.807, 2.05) is 23.1 Å². The molecule has 0 bridgehead atoms. The molecule has 0 unspecified atom stereocenters. The third kappa shape index (κ3) is 1.95. The van der Waals surface area contributed by atoms with Crippen molar-refractivity contribution in [2.45, 2.75) is 12.8 Å². The van der Waals surface area contributed by atoms with Crippen molar-refractivity contribution in [2.75, 3.05) is 20.2 Å². The molecule has 1 aliphatic heterocycles. The van der Waals surface area contributed by atoms with E-state index in [4.69, 9.17) is 4.74 Å². The Bertz CT molecular complexity index is 588. The predicted octanol–water partition coefficient (Wildman–Crippen LogP) is 2.54. The highest BCUT2D eigenvalue weighted by Crippen LogP contribution is 2.27. The van der Waals surface area contributed by atoms with Crippen LogP contribution in [0.15, 0.2) is 18.2 Å². The molecule has 0 aliphatic carbocycles. The topological polar surface area (TPSA) is 42.4 Å². The second kappa shape index (κ2) is 4.57. The van der Waals surface area contributed by atoms with Gasteiger partial charge in [-0.1, -0.05) is 0 Å². The van der Waals surface area contributed by atoms with E-state index in [1.54, 1.807) is 7.11 Å². The van der Waals surface area contributed by atoms with Gasteiger partial charge in [0.15, 0.2) is 5.01 Å². The number of ether oxygens (including phenoxy) is 1. The Morgan fingerprint density at radius 2 is 2.17 bits per heavy atom. The summed E-state index contributed by atoms with van der Waals surface area (Å²) in [5.41, 5.74) is 0.864. The van der Waals surface area contributed by atoms with Crippen LogP contribution in [0.1, 0.15) is 22.6 Å². The minimum absolute atomic E-state index is 0.0627. The van der Waals surface area contributed by atoms with Crippen molar-refractivity contribution in [1.29, 1.82) is 0 Å². The van der Waals surface area contributed by atoms with Crippen molar-refractivity contribution in [2.24, 2.45) is 0 Å². The molecule has 4 nitrogen and oxygen atoms in total. The number of hydrogen-bond donors (Lipinski definition) is 0. The number of carbonyl (C=O) groups excluding carboxylic acids is 1. The van der Waals surface area contributed by atoms with Gasteiger partial charge in [0.1, 0.15) is 5.75 Å². The molecule has 3 rings (SSSR count). The third-order valence-corrected chi connectivity index (χ3v) is 4.18. The van der Waals surface area contributed by atoms with Gasteiger partial charge in [-0.15, -0.1) is 11.3 Å². The molecule has 1 aromatic carbocycles. The average Bonchev–Trinajstić information content (AvgIpc) is 3.05. The van der Waals surface area contributed by atoms with E-state index in [-0.39, 0.29) is 5.91 Å². The summed E-state index contributed by atoms with van der Waals surface area (Å²) in [4.78, 5) is 18.5. The lowest BCUT2D eigenvalue weighted by molar-refractivity contribution is 0.0792. The first-order valence-corrected chi connectivity index (χ1v) is 6.83. The predicted molar refractivity (Wildman–Crippen MR) is 71.3 cm³/mol. The molecule has 1 amide bonds. The van der Waals surface area contributed by atoms with Gasteiger partial charge in [-0.25, -0.2) is 4.98 Å². The minimum atomic E-state index is 0.0627. The zero-order chi connectivity index (χ0) is 12.5. The summed E-state index contributed by atoms with van der Waals surface area (Å²) in [5.74, 6) is 0.860. The van der Waals surface area contributed by atoms with Crippen LogP contribution in [0.4, 0.5) is 0 Å². The number of amides is 1. The van der Waals surface area contributed by atoms with E-state index in [1.165, 1.54) is 11.3 Å². The van der Waals surface area contributed by atoms with Gasteiger partial charge in [-0.3, -0.25) is 4.79 Å². The number of thiazole rings is 1. The lowest BCUT2D eigenvalue weighted by Gasteiger charge is -2.12. The molecule has 0 atom stereocenters. The molecule has 2 heterocycles. The van der Waals surface area contributed by atoms with Crippen molar-refractivity contribution < 1.29 is 9.53 Å². The van der Waals surface area contributed by atoms with Crippen LogP contribution in [0.3, 0.4) is 0 Å². The molecule has 1 fully saturated rings. The highest BCUT2D eigenvalue weighted by Gasteiger charge is 2.22. The number of fused-ring (bicyclic) bond motifs is 1. The number of rotatable bonds is 2. The van der Waals surface area contributed by atoms with Crippen LogP contribution >= 0.6 is 11.3 Å². The minimum Gasteiger partial charge on any atom is -0.497 e. The van der Waals surface area contributed by atoms with Crippen molar-refractivity contribution in [3.63, 3.8) is 0 Å². The van der Waals surface area contributed by atoms with Crippen molar-refractivity contribution in [1.82, 2.24) is 9.88 Å². The van der Waals surface area contributed by atoms with Gasteiger partial charge in [0, 0.05) is 13.1 Å². The molecule has 1 aromatic heterocycles. The summed E-state index contributed by atoms with van der Waals surface area (Å²) in [6.07, 6.45) is 2.20. The van der Waals surface area contributed by atoms with Crippen LogP contribution in [-0.4, -0.2) is 36.0 Å². The molecule has 0 radical (unpaired) electrons. The van der Waals surface area contributed by atoms with E-state index in [0.717, 1.165) is 41.9 Å². The molecule has 0 saturated carbocycles. The fourth-order valence-corrected chi connectivity index (χ4v) is 3.14. The Hall–Kier alpha value is -1.62. The summed E-state index contributed by atoms with van der Waals surface area (Å²) < 4.78 is 6.17. The molecule has 0 spiro atoms. The number of aromatic nitrogens is 1. The van der Waals surface area contributed by atoms with E-state index in [0.29, 0.717) is 5.01 Å². The molecule has 94 valence electrons. The van der Waals surface area contributed by atoms with Crippen LogP contribution in [-0.2, 0) is 0 Å². The Morgan fingerprint density at radius 1 is 1.39 bits per heavy atom. The summed E-state index contributed by atoms with van der Waals surface area (Å²) in [6, 6.07) is 5.69. The first-order chi connectivity index (χ1) is 8.78. The Morgan fingerprint density at radius 3 is 2.89 bits per heavy atom. The fraction of sp³-hybridized carbons (Fsp3) is 0.385. The SMILES string of the molecule is COc1ccc2nc(C(=O)N3CCCC3)sc2c1.